The van der Waals surface area contributed by atoms with Gasteiger partial charge in [0.25, 0.3) is 0 Å². The molecule has 0 aliphatic rings. The van der Waals surface area contributed by atoms with E-state index in [-0.39, 0.29) is 87.6 Å². The molecule has 0 atom stereocenters. The van der Waals surface area contributed by atoms with Gasteiger partial charge in [-0.1, -0.05) is 0 Å². The van der Waals surface area contributed by atoms with E-state index in [1.54, 1.807) is 0 Å². The van der Waals surface area contributed by atoms with Crippen LogP contribution in [0.1, 0.15) is 0 Å². The molecule has 0 saturated carbocycles. The van der Waals surface area contributed by atoms with Crippen molar-refractivity contribution in [3.63, 3.8) is 0 Å². The van der Waals surface area contributed by atoms with Crippen molar-refractivity contribution < 1.29 is 126 Å². The Morgan fingerprint density at radius 1 is 0.667 bits per heavy atom. The second-order valence-corrected chi connectivity index (χ2v) is 2.68. The molecule has 1 radical (unpaired) electrons. The normalized spacial score (nSPS) is 9.83. The van der Waals surface area contributed by atoms with Gasteiger partial charge in [-0.3, -0.25) is 0 Å². The van der Waals surface area contributed by atoms with Crippen molar-refractivity contribution in [2.45, 2.75) is 0 Å². The first-order valence-corrected chi connectivity index (χ1v) is 4.38. The first kappa shape index (κ1) is 24.3. The average molecular weight is 504 g/mol. The van der Waals surface area contributed by atoms with E-state index in [1.807, 2.05) is 0 Å². The molecule has 0 aliphatic heterocycles. The number of hydrogen-bond acceptors (Lipinski definition) is 8. The van der Waals surface area contributed by atoms with Gasteiger partial charge in [-0.05, 0) is 0 Å². The third-order valence-electron chi connectivity index (χ3n) is 0. The smallest absolute Gasteiger partial charge is 0.822 e. The second-order valence-electron chi connectivity index (χ2n) is 0.894. The van der Waals surface area contributed by atoms with E-state index in [0.717, 1.165) is 0 Å². The predicted octanol–water partition coefficient (Wildman–Crippen LogP) is -5.65. The molecule has 0 saturated heterocycles. The van der Waals surface area contributed by atoms with E-state index < -0.39 is 15.6 Å². The summed E-state index contributed by atoms with van der Waals surface area (Å²) in [5.41, 5.74) is 0. The molecule has 0 amide bonds. The summed E-state index contributed by atoms with van der Waals surface area (Å²) in [6, 6.07) is 0. The summed E-state index contributed by atoms with van der Waals surface area (Å²) in [6.07, 6.45) is 0. The van der Waals surface area contributed by atoms with Crippen molar-refractivity contribution in [3.05, 3.63) is 0 Å². The molecule has 0 aromatic rings. The van der Waals surface area contributed by atoms with Gasteiger partial charge < -0.3 is 38.5 Å². The fraction of sp³-hybridized carbons (Fsp3) is 0. The predicted molar refractivity (Wildman–Crippen MR) is 15.2 cm³/mol. The van der Waals surface area contributed by atoms with Crippen LogP contribution < -0.4 is 29.4 Å². The van der Waals surface area contributed by atoms with E-state index in [2.05, 4.69) is 0 Å². The minimum Gasteiger partial charge on any atom is -0.822 e. The molecule has 0 N–H and O–H groups in total. The van der Waals surface area contributed by atoms with Crippen molar-refractivity contribution in [2.75, 3.05) is 0 Å². The molecule has 12 heteroatoms. The molecule has 0 heterocycles. The molecule has 0 spiro atoms. The van der Waals surface area contributed by atoms with Crippen LogP contribution in [0.5, 0.6) is 0 Å². The van der Waals surface area contributed by atoms with Crippen LogP contribution in [-0.2, 0) is 9.13 Å². The number of hydrogen-bond donors (Lipinski definition) is 0. The van der Waals surface area contributed by atoms with Crippen LogP contribution >= 0.6 is 15.6 Å². The summed E-state index contributed by atoms with van der Waals surface area (Å²) in [7, 11) is -10.8. The molecule has 0 fully saturated rings. The maximum Gasteiger partial charge on any atom is 3.00 e. The minimum atomic E-state index is -5.39. The van der Waals surface area contributed by atoms with Gasteiger partial charge in [0.2, 0.25) is 0 Å². The molecule has 0 unspecified atom stereocenters. The monoisotopic (exact) mass is 507 g/mol. The van der Waals surface area contributed by atoms with Gasteiger partial charge in [0.05, 0.1) is 0 Å². The summed E-state index contributed by atoms with van der Waals surface area (Å²) in [4.78, 5) is 51.3. The van der Waals surface area contributed by atoms with E-state index in [9.17, 15) is 0 Å². The maximum absolute atomic E-state index is 8.55. The van der Waals surface area contributed by atoms with Crippen LogP contribution in [0.3, 0.4) is 0 Å². The SMILES string of the molecule is O=P([O-])([O-])[O-].O=P([O-])([O-])[O-].[Dy+3].[Eu+3]. The zero-order valence-electron chi connectivity index (χ0n) is 4.85. The van der Waals surface area contributed by atoms with Crippen molar-refractivity contribution in [1.29, 1.82) is 0 Å². The Hall–Kier alpha value is 3.08. The van der Waals surface area contributed by atoms with Crippen LogP contribution in [0.4, 0.5) is 0 Å². The Balaban J connectivity index is -0.0000000457. The Morgan fingerprint density at radius 3 is 0.667 bits per heavy atom. The summed E-state index contributed by atoms with van der Waals surface area (Å²) < 4.78 is 17.1. The Bertz CT molecular complexity index is 129. The quantitative estimate of drug-likeness (QED) is 0.294. The topological polar surface area (TPSA) is 172 Å². The number of phosphoric acid groups is 2. The largest absolute Gasteiger partial charge is 3.00 e. The maximum atomic E-state index is 8.55. The van der Waals surface area contributed by atoms with E-state index in [0.29, 0.717) is 0 Å². The Morgan fingerprint density at radius 2 is 0.667 bits per heavy atom. The van der Waals surface area contributed by atoms with Crippen LogP contribution in [0.2, 0.25) is 0 Å². The van der Waals surface area contributed by atoms with Gasteiger partial charge in [-0.2, -0.15) is 15.6 Å². The van der Waals surface area contributed by atoms with E-state index in [1.165, 1.54) is 0 Å². The van der Waals surface area contributed by atoms with Crippen LogP contribution in [0.25, 0.3) is 0 Å². The van der Waals surface area contributed by atoms with Gasteiger partial charge in [-0.15, -0.1) is 0 Å². The molecular formula is DyEuO8P2. The van der Waals surface area contributed by atoms with Crippen molar-refractivity contribution in [1.82, 2.24) is 0 Å². The van der Waals surface area contributed by atoms with Crippen molar-refractivity contribution in [3.8, 4) is 0 Å². The molecule has 0 aliphatic carbocycles. The van der Waals surface area contributed by atoms with Gasteiger partial charge in [0, 0.05) is 0 Å². The second kappa shape index (κ2) is 10.6. The molecule has 12 heavy (non-hydrogen) atoms. The van der Waals surface area contributed by atoms with Gasteiger partial charge in [0.15, 0.2) is 0 Å². The van der Waals surface area contributed by atoms with E-state index >= 15 is 0 Å². The summed E-state index contributed by atoms with van der Waals surface area (Å²) >= 11 is 0. The molecule has 8 nitrogen and oxygen atoms in total. The van der Waals surface area contributed by atoms with Crippen molar-refractivity contribution >= 4 is 15.6 Å². The zero-order valence-corrected chi connectivity index (χ0v) is 11.1. The molecule has 0 rings (SSSR count). The van der Waals surface area contributed by atoms with Crippen LogP contribution in [0.15, 0.2) is 0 Å². The van der Waals surface area contributed by atoms with Crippen molar-refractivity contribution in [2.24, 2.45) is 0 Å². The van der Waals surface area contributed by atoms with Gasteiger partial charge in [0.1, 0.15) is 0 Å². The van der Waals surface area contributed by atoms with Crippen LogP contribution in [-0.4, -0.2) is 0 Å². The number of rotatable bonds is 0. The minimum absolute atomic E-state index is 0. The molecule has 0 bridgehead atoms. The fourth-order valence-corrected chi connectivity index (χ4v) is 0. The van der Waals surface area contributed by atoms with E-state index in [4.69, 9.17) is 38.5 Å². The Kier molecular flexibility index (Phi) is 21.5. The zero-order chi connectivity index (χ0) is 9.00. The summed E-state index contributed by atoms with van der Waals surface area (Å²) in [6.45, 7) is 0. The Labute approximate surface area is 139 Å². The first-order chi connectivity index (χ1) is 4.00. The molecule has 0 aromatic heterocycles. The fourth-order valence-electron chi connectivity index (χ4n) is 0. The summed E-state index contributed by atoms with van der Waals surface area (Å²) in [5.74, 6) is 0. The van der Waals surface area contributed by atoms with Crippen LogP contribution in [0, 0.1) is 87.6 Å². The standard InChI is InChI=1S/Dy.Eu.2H3O4P/c;;2*1-5(2,3)4/h;;2*(H3,1,2,3,4)/q2*+3;;/p-6. The third kappa shape index (κ3) is 201. The third-order valence-corrected chi connectivity index (χ3v) is 0. The average Bonchev–Trinajstić information content (AvgIpc) is 1.12. The molecule has 0 aromatic carbocycles. The first-order valence-electron chi connectivity index (χ1n) is 1.46. The molecular weight excluding hydrogens is 504 g/mol. The molecule has 75 valence electrons. The van der Waals surface area contributed by atoms with Gasteiger partial charge in [-0.25, -0.2) is 0 Å². The summed E-state index contributed by atoms with van der Waals surface area (Å²) in [5, 5.41) is 0. The van der Waals surface area contributed by atoms with Gasteiger partial charge >= 0.3 is 87.6 Å².